The normalized spacial score (nSPS) is 26.6. The lowest BCUT2D eigenvalue weighted by molar-refractivity contribution is 0.0657. The summed E-state index contributed by atoms with van der Waals surface area (Å²) >= 11 is 0. The molecule has 0 amide bonds. The Hall–Kier alpha value is -1.33. The lowest BCUT2D eigenvalue weighted by Crippen LogP contribution is -2.50. The maximum absolute atomic E-state index is 10.9. The van der Waals surface area contributed by atoms with E-state index < -0.39 is 5.97 Å². The van der Waals surface area contributed by atoms with Crippen molar-refractivity contribution in [2.45, 2.75) is 51.6 Å². The third kappa shape index (κ3) is 3.22. The van der Waals surface area contributed by atoms with E-state index in [1.54, 1.807) is 13.0 Å². The Morgan fingerprint density at radius 2 is 2.15 bits per heavy atom. The van der Waals surface area contributed by atoms with Crippen molar-refractivity contribution in [2.24, 2.45) is 5.92 Å². The Labute approximate surface area is 119 Å². The van der Waals surface area contributed by atoms with Crippen LogP contribution in [0.25, 0.3) is 0 Å². The number of carbonyl (C=O) groups is 1. The van der Waals surface area contributed by atoms with Crippen molar-refractivity contribution in [2.75, 3.05) is 6.61 Å². The second kappa shape index (κ2) is 5.97. The maximum atomic E-state index is 10.9. The number of aliphatic hydroxyl groups excluding tert-OH is 1. The molecule has 1 aliphatic rings. The Kier molecular flexibility index (Phi) is 4.50. The molecule has 1 fully saturated rings. The molecular weight excluding hydrogens is 258 g/mol. The first-order valence-electron chi connectivity index (χ1n) is 7.14. The Morgan fingerprint density at radius 3 is 2.65 bits per heavy atom. The van der Waals surface area contributed by atoms with Crippen LogP contribution in [0.2, 0.25) is 0 Å². The molecule has 1 aromatic rings. The number of aromatic carboxylic acids is 1. The zero-order chi connectivity index (χ0) is 14.8. The summed E-state index contributed by atoms with van der Waals surface area (Å²) in [5.41, 5.74) is 0.376. The third-order valence-corrected chi connectivity index (χ3v) is 4.33. The predicted molar refractivity (Wildman–Crippen MR) is 74.7 cm³/mol. The van der Waals surface area contributed by atoms with Gasteiger partial charge in [0, 0.05) is 11.1 Å². The van der Waals surface area contributed by atoms with Gasteiger partial charge in [-0.25, -0.2) is 4.79 Å². The van der Waals surface area contributed by atoms with E-state index in [0.29, 0.717) is 23.8 Å². The quantitative estimate of drug-likeness (QED) is 0.771. The molecule has 20 heavy (non-hydrogen) atoms. The number of nitrogens with one attached hydrogen (secondary N) is 1. The van der Waals surface area contributed by atoms with E-state index in [-0.39, 0.29) is 17.9 Å². The van der Waals surface area contributed by atoms with Crippen LogP contribution in [0.3, 0.4) is 0 Å². The van der Waals surface area contributed by atoms with E-state index in [1.165, 1.54) is 0 Å². The van der Waals surface area contributed by atoms with E-state index in [1.807, 2.05) is 0 Å². The van der Waals surface area contributed by atoms with Crippen molar-refractivity contribution < 1.29 is 19.4 Å². The minimum atomic E-state index is -1.04. The molecule has 0 radical (unpaired) electrons. The van der Waals surface area contributed by atoms with Crippen LogP contribution in [0.5, 0.6) is 0 Å². The second-order valence-electron chi connectivity index (χ2n) is 6.00. The molecule has 0 aromatic carbocycles. The van der Waals surface area contributed by atoms with Crippen LogP contribution >= 0.6 is 0 Å². The summed E-state index contributed by atoms with van der Waals surface area (Å²) in [6.45, 7) is 4.51. The molecule has 0 spiro atoms. The van der Waals surface area contributed by atoms with Gasteiger partial charge in [-0.1, -0.05) is 6.92 Å². The van der Waals surface area contributed by atoms with Gasteiger partial charge in [-0.05, 0) is 44.6 Å². The molecule has 1 aromatic heterocycles. The molecule has 1 aliphatic carbocycles. The molecule has 0 unspecified atom stereocenters. The Bertz CT molecular complexity index is 472. The number of rotatable bonds is 5. The number of furan rings is 1. The fraction of sp³-hybridized carbons (Fsp3) is 0.667. The van der Waals surface area contributed by atoms with E-state index in [0.717, 1.165) is 25.7 Å². The smallest absolute Gasteiger partial charge is 0.372 e. The number of hydrogen-bond donors (Lipinski definition) is 3. The van der Waals surface area contributed by atoms with Gasteiger partial charge in [0.2, 0.25) is 5.76 Å². The van der Waals surface area contributed by atoms with Crippen molar-refractivity contribution in [3.63, 3.8) is 0 Å². The minimum Gasteiger partial charge on any atom is -0.475 e. The first-order chi connectivity index (χ1) is 9.46. The standard InChI is InChI=1S/C15H23NO4/c1-10-3-5-15(9-17,6-4-10)16-8-12-7-11(2)13(20-12)14(18)19/h7,10,16-17H,3-6,8-9H2,1-2H3,(H,18,19). The molecule has 5 nitrogen and oxygen atoms in total. The van der Waals surface area contributed by atoms with Gasteiger partial charge in [0.25, 0.3) is 0 Å². The largest absolute Gasteiger partial charge is 0.475 e. The summed E-state index contributed by atoms with van der Waals surface area (Å²) in [7, 11) is 0. The fourth-order valence-electron chi connectivity index (χ4n) is 2.83. The van der Waals surface area contributed by atoms with Gasteiger partial charge >= 0.3 is 5.97 Å². The lowest BCUT2D eigenvalue weighted by atomic mass is 9.77. The zero-order valence-electron chi connectivity index (χ0n) is 12.1. The highest BCUT2D eigenvalue weighted by atomic mass is 16.4. The lowest BCUT2D eigenvalue weighted by Gasteiger charge is -2.38. The summed E-state index contributed by atoms with van der Waals surface area (Å²) < 4.78 is 5.33. The monoisotopic (exact) mass is 281 g/mol. The van der Waals surface area contributed by atoms with Crippen LogP contribution in [-0.4, -0.2) is 28.3 Å². The van der Waals surface area contributed by atoms with Gasteiger partial charge in [-0.15, -0.1) is 0 Å². The Morgan fingerprint density at radius 1 is 1.50 bits per heavy atom. The van der Waals surface area contributed by atoms with Crippen LogP contribution in [0.4, 0.5) is 0 Å². The van der Waals surface area contributed by atoms with Gasteiger partial charge in [-0.3, -0.25) is 0 Å². The van der Waals surface area contributed by atoms with Crippen molar-refractivity contribution in [1.82, 2.24) is 5.32 Å². The van der Waals surface area contributed by atoms with Gasteiger partial charge < -0.3 is 19.9 Å². The highest BCUT2D eigenvalue weighted by Gasteiger charge is 2.33. The SMILES string of the molecule is Cc1cc(CNC2(CO)CCC(C)CC2)oc1C(=O)O. The summed E-state index contributed by atoms with van der Waals surface area (Å²) in [4.78, 5) is 10.9. The van der Waals surface area contributed by atoms with Gasteiger partial charge in [0.05, 0.1) is 13.2 Å². The highest BCUT2D eigenvalue weighted by Crippen LogP contribution is 2.32. The highest BCUT2D eigenvalue weighted by molar-refractivity contribution is 5.86. The molecule has 5 heteroatoms. The van der Waals surface area contributed by atoms with Gasteiger partial charge in [0.1, 0.15) is 5.76 Å². The van der Waals surface area contributed by atoms with E-state index in [2.05, 4.69) is 12.2 Å². The van der Waals surface area contributed by atoms with Crippen molar-refractivity contribution in [3.05, 3.63) is 23.2 Å². The molecule has 0 aliphatic heterocycles. The van der Waals surface area contributed by atoms with Gasteiger partial charge in [-0.2, -0.15) is 0 Å². The number of carboxylic acid groups (broad SMARTS) is 1. The first-order valence-corrected chi connectivity index (χ1v) is 7.14. The second-order valence-corrected chi connectivity index (χ2v) is 6.00. The molecule has 2 rings (SSSR count). The molecular formula is C15H23NO4. The molecule has 112 valence electrons. The van der Waals surface area contributed by atoms with Crippen molar-refractivity contribution in [1.29, 1.82) is 0 Å². The van der Waals surface area contributed by atoms with E-state index in [4.69, 9.17) is 9.52 Å². The third-order valence-electron chi connectivity index (χ3n) is 4.33. The summed E-state index contributed by atoms with van der Waals surface area (Å²) in [6.07, 6.45) is 4.09. The average Bonchev–Trinajstić information content (AvgIpc) is 2.80. The minimum absolute atomic E-state index is 0.00267. The topological polar surface area (TPSA) is 82.7 Å². The van der Waals surface area contributed by atoms with Gasteiger partial charge in [0.15, 0.2) is 0 Å². The van der Waals surface area contributed by atoms with Crippen LogP contribution < -0.4 is 5.32 Å². The summed E-state index contributed by atoms with van der Waals surface area (Å²) in [6, 6.07) is 1.74. The van der Waals surface area contributed by atoms with Crippen LogP contribution in [0.15, 0.2) is 10.5 Å². The molecule has 1 heterocycles. The molecule has 0 atom stereocenters. The number of hydrogen-bond acceptors (Lipinski definition) is 4. The molecule has 0 saturated heterocycles. The first kappa shape index (κ1) is 15.1. The summed E-state index contributed by atoms with van der Waals surface area (Å²) in [5.74, 6) is 0.265. The van der Waals surface area contributed by atoms with Crippen LogP contribution in [0, 0.1) is 12.8 Å². The van der Waals surface area contributed by atoms with E-state index in [9.17, 15) is 9.90 Å². The zero-order valence-corrected chi connectivity index (χ0v) is 12.1. The predicted octanol–water partition coefficient (Wildman–Crippen LogP) is 2.32. The molecule has 3 N–H and O–H groups in total. The maximum Gasteiger partial charge on any atom is 0.372 e. The summed E-state index contributed by atoms with van der Waals surface area (Å²) in [5, 5.41) is 22.0. The number of aliphatic hydroxyl groups is 1. The van der Waals surface area contributed by atoms with E-state index >= 15 is 0 Å². The Balaban J connectivity index is 2.00. The average molecular weight is 281 g/mol. The van der Waals surface area contributed by atoms with Crippen LogP contribution in [-0.2, 0) is 6.54 Å². The molecule has 0 bridgehead atoms. The number of aryl methyl sites for hydroxylation is 1. The fourth-order valence-corrected chi connectivity index (χ4v) is 2.83. The molecule has 1 saturated carbocycles. The van der Waals surface area contributed by atoms with Crippen LogP contribution in [0.1, 0.15) is 54.5 Å². The number of carboxylic acids is 1. The van der Waals surface area contributed by atoms with Crippen molar-refractivity contribution >= 4 is 5.97 Å². The van der Waals surface area contributed by atoms with Crippen molar-refractivity contribution in [3.8, 4) is 0 Å².